The first-order valence-electron chi connectivity index (χ1n) is 5.81. The first-order valence-corrected chi connectivity index (χ1v) is 5.81. The van der Waals surface area contributed by atoms with Crippen molar-refractivity contribution in [2.45, 2.75) is 39.7 Å². The number of carbonyl (C=O) groups excluding carboxylic acids is 1. The molecule has 1 atom stereocenters. The first kappa shape index (κ1) is 14.9. The van der Waals surface area contributed by atoms with Gasteiger partial charge >= 0.3 is 0 Å². The summed E-state index contributed by atoms with van der Waals surface area (Å²) in [5.74, 6) is 0.367. The molecule has 3 N–H and O–H groups in total. The predicted molar refractivity (Wildman–Crippen MR) is 64.6 cm³/mol. The van der Waals surface area contributed by atoms with Crippen LogP contribution in [0.5, 0.6) is 0 Å². The molecule has 0 aliphatic carbocycles. The van der Waals surface area contributed by atoms with Crippen molar-refractivity contribution in [1.29, 1.82) is 5.41 Å². The number of hydrogen-bond acceptors (Lipinski definition) is 3. The van der Waals surface area contributed by atoms with Crippen molar-refractivity contribution >= 4 is 11.7 Å². The standard InChI is InChI=1S/C11H23N3O2/c1-4-10(16)7-9(8-15)13-11(12)14(5-2)6-3/h9,15H,4-8H2,1-3H3,(H2,12,13). The molecule has 0 spiro atoms. The summed E-state index contributed by atoms with van der Waals surface area (Å²) in [4.78, 5) is 13.1. The van der Waals surface area contributed by atoms with E-state index < -0.39 is 0 Å². The van der Waals surface area contributed by atoms with E-state index >= 15 is 0 Å². The Morgan fingerprint density at radius 2 is 1.94 bits per heavy atom. The molecular weight excluding hydrogens is 206 g/mol. The fourth-order valence-corrected chi connectivity index (χ4v) is 1.40. The third-order valence-electron chi connectivity index (χ3n) is 2.51. The molecule has 0 saturated carbocycles. The molecule has 5 nitrogen and oxygen atoms in total. The third-order valence-corrected chi connectivity index (χ3v) is 2.51. The van der Waals surface area contributed by atoms with E-state index in [0.29, 0.717) is 6.42 Å². The van der Waals surface area contributed by atoms with E-state index in [0.717, 1.165) is 13.1 Å². The van der Waals surface area contributed by atoms with Crippen LogP contribution in [0.1, 0.15) is 33.6 Å². The van der Waals surface area contributed by atoms with Gasteiger partial charge in [0, 0.05) is 25.9 Å². The lowest BCUT2D eigenvalue weighted by Crippen LogP contribution is -2.47. The van der Waals surface area contributed by atoms with Crippen LogP contribution >= 0.6 is 0 Å². The highest BCUT2D eigenvalue weighted by Crippen LogP contribution is 1.97. The van der Waals surface area contributed by atoms with E-state index in [1.54, 1.807) is 6.92 Å². The van der Waals surface area contributed by atoms with Crippen LogP contribution in [0.3, 0.4) is 0 Å². The zero-order chi connectivity index (χ0) is 12.6. The van der Waals surface area contributed by atoms with Gasteiger partial charge in [0.15, 0.2) is 5.96 Å². The number of carbonyl (C=O) groups is 1. The van der Waals surface area contributed by atoms with Crippen LogP contribution in [0, 0.1) is 5.41 Å². The summed E-state index contributed by atoms with van der Waals surface area (Å²) in [5, 5.41) is 19.8. The number of nitrogens with one attached hydrogen (secondary N) is 2. The van der Waals surface area contributed by atoms with Gasteiger partial charge in [-0.2, -0.15) is 0 Å². The van der Waals surface area contributed by atoms with Crippen molar-refractivity contribution in [2.24, 2.45) is 0 Å². The third kappa shape index (κ3) is 5.11. The van der Waals surface area contributed by atoms with Crippen molar-refractivity contribution in [3.63, 3.8) is 0 Å². The van der Waals surface area contributed by atoms with Crippen molar-refractivity contribution < 1.29 is 9.90 Å². The Morgan fingerprint density at radius 3 is 2.31 bits per heavy atom. The monoisotopic (exact) mass is 229 g/mol. The quantitative estimate of drug-likeness (QED) is 0.441. The van der Waals surface area contributed by atoms with Gasteiger partial charge in [-0.15, -0.1) is 0 Å². The average Bonchev–Trinajstić information content (AvgIpc) is 2.29. The van der Waals surface area contributed by atoms with Crippen LogP contribution in [-0.2, 0) is 4.79 Å². The van der Waals surface area contributed by atoms with Crippen LogP contribution < -0.4 is 5.32 Å². The molecule has 0 aliphatic rings. The van der Waals surface area contributed by atoms with E-state index in [4.69, 9.17) is 10.5 Å². The highest BCUT2D eigenvalue weighted by molar-refractivity contribution is 5.81. The van der Waals surface area contributed by atoms with E-state index in [1.807, 2.05) is 18.7 Å². The van der Waals surface area contributed by atoms with Gasteiger partial charge in [0.2, 0.25) is 0 Å². The molecule has 0 heterocycles. The molecule has 0 aliphatic heterocycles. The Bertz CT molecular complexity index is 227. The molecule has 0 radical (unpaired) electrons. The minimum absolute atomic E-state index is 0.0962. The van der Waals surface area contributed by atoms with Gasteiger partial charge in [-0.3, -0.25) is 10.2 Å². The highest BCUT2D eigenvalue weighted by Gasteiger charge is 2.14. The Hall–Kier alpha value is -1.10. The molecule has 0 aromatic carbocycles. The summed E-state index contributed by atoms with van der Waals surface area (Å²) in [6.45, 7) is 7.07. The summed E-state index contributed by atoms with van der Waals surface area (Å²) >= 11 is 0. The lowest BCUT2D eigenvalue weighted by atomic mass is 10.1. The van der Waals surface area contributed by atoms with Gasteiger partial charge in [-0.25, -0.2) is 0 Å². The van der Waals surface area contributed by atoms with Crippen LogP contribution in [-0.4, -0.2) is 47.5 Å². The number of nitrogens with zero attached hydrogens (tertiary/aromatic N) is 1. The summed E-state index contributed by atoms with van der Waals surface area (Å²) in [6.07, 6.45) is 0.743. The number of Topliss-reactive ketones (excluding diaryl/α,β-unsaturated/α-hetero) is 1. The number of aliphatic hydroxyl groups excluding tert-OH is 1. The zero-order valence-electron chi connectivity index (χ0n) is 10.4. The largest absolute Gasteiger partial charge is 0.394 e. The Kier molecular flexibility index (Phi) is 7.54. The second kappa shape index (κ2) is 8.10. The van der Waals surface area contributed by atoms with Crippen LogP contribution in [0.2, 0.25) is 0 Å². The number of aliphatic hydroxyl groups is 1. The first-order chi connectivity index (χ1) is 7.58. The fraction of sp³-hybridized carbons (Fsp3) is 0.818. The molecule has 0 fully saturated rings. The van der Waals surface area contributed by atoms with Gasteiger partial charge in [-0.1, -0.05) is 6.92 Å². The van der Waals surface area contributed by atoms with E-state index in [2.05, 4.69) is 5.32 Å². The van der Waals surface area contributed by atoms with E-state index in [-0.39, 0.29) is 30.8 Å². The summed E-state index contributed by atoms with van der Waals surface area (Å²) in [6, 6.07) is -0.347. The summed E-state index contributed by atoms with van der Waals surface area (Å²) in [7, 11) is 0. The van der Waals surface area contributed by atoms with Gasteiger partial charge in [0.1, 0.15) is 5.78 Å². The lowest BCUT2D eigenvalue weighted by molar-refractivity contribution is -0.119. The number of rotatable bonds is 7. The van der Waals surface area contributed by atoms with Crippen LogP contribution in [0.25, 0.3) is 0 Å². The van der Waals surface area contributed by atoms with E-state index in [9.17, 15) is 4.79 Å². The maximum absolute atomic E-state index is 11.2. The fourth-order valence-electron chi connectivity index (χ4n) is 1.40. The van der Waals surface area contributed by atoms with Crippen molar-refractivity contribution in [3.8, 4) is 0 Å². The van der Waals surface area contributed by atoms with Gasteiger partial charge in [-0.05, 0) is 13.8 Å². The van der Waals surface area contributed by atoms with Gasteiger partial charge in [0.25, 0.3) is 0 Å². The SMILES string of the molecule is CCC(=O)CC(CO)NC(=N)N(CC)CC. The van der Waals surface area contributed by atoms with Crippen molar-refractivity contribution in [3.05, 3.63) is 0 Å². The van der Waals surface area contributed by atoms with Crippen molar-refractivity contribution in [1.82, 2.24) is 10.2 Å². The molecule has 0 saturated heterocycles. The molecule has 5 heteroatoms. The number of guanidine groups is 1. The van der Waals surface area contributed by atoms with Crippen LogP contribution in [0.15, 0.2) is 0 Å². The average molecular weight is 229 g/mol. The topological polar surface area (TPSA) is 76.4 Å². The number of ketones is 1. The normalized spacial score (nSPS) is 12.0. The Morgan fingerprint density at radius 1 is 1.38 bits per heavy atom. The van der Waals surface area contributed by atoms with Crippen molar-refractivity contribution in [2.75, 3.05) is 19.7 Å². The second-order valence-corrected chi connectivity index (χ2v) is 3.64. The molecule has 0 bridgehead atoms. The molecule has 0 rings (SSSR count). The summed E-state index contributed by atoms with van der Waals surface area (Å²) in [5.41, 5.74) is 0. The summed E-state index contributed by atoms with van der Waals surface area (Å²) < 4.78 is 0. The Balaban J connectivity index is 4.20. The molecular formula is C11H23N3O2. The molecule has 0 aromatic rings. The second-order valence-electron chi connectivity index (χ2n) is 3.64. The molecule has 0 amide bonds. The molecule has 16 heavy (non-hydrogen) atoms. The smallest absolute Gasteiger partial charge is 0.191 e. The maximum atomic E-state index is 11.2. The maximum Gasteiger partial charge on any atom is 0.191 e. The predicted octanol–water partition coefficient (Wildman–Crippen LogP) is 0.583. The minimum atomic E-state index is -0.347. The highest BCUT2D eigenvalue weighted by atomic mass is 16.3. The lowest BCUT2D eigenvalue weighted by Gasteiger charge is -2.25. The molecule has 1 unspecified atom stereocenters. The van der Waals surface area contributed by atoms with Gasteiger partial charge in [0.05, 0.1) is 12.6 Å². The van der Waals surface area contributed by atoms with E-state index in [1.165, 1.54) is 0 Å². The zero-order valence-corrected chi connectivity index (χ0v) is 10.4. The molecule has 94 valence electrons. The molecule has 0 aromatic heterocycles. The minimum Gasteiger partial charge on any atom is -0.394 e. The number of hydrogen-bond donors (Lipinski definition) is 3. The van der Waals surface area contributed by atoms with Gasteiger partial charge < -0.3 is 15.3 Å². The Labute approximate surface area is 97.3 Å². The van der Waals surface area contributed by atoms with Crippen LogP contribution in [0.4, 0.5) is 0 Å².